The molecule has 4 aromatic rings. The van der Waals surface area contributed by atoms with Crippen LogP contribution in [0.1, 0.15) is 25.0 Å². The second-order valence-electron chi connectivity index (χ2n) is 7.54. The molecule has 0 unspecified atom stereocenters. The predicted octanol–water partition coefficient (Wildman–Crippen LogP) is 4.80. The van der Waals surface area contributed by atoms with Gasteiger partial charge in [-0.2, -0.15) is 0 Å². The average Bonchev–Trinajstić information content (AvgIpc) is 3.26. The molecule has 0 atom stereocenters. The smallest absolute Gasteiger partial charge is 0.216 e. The van der Waals surface area contributed by atoms with Gasteiger partial charge in [0.25, 0.3) is 0 Å². The minimum Gasteiger partial charge on any atom is -0.365 e. The summed E-state index contributed by atoms with van der Waals surface area (Å²) in [5.41, 5.74) is 2.54. The molecule has 0 bridgehead atoms. The zero-order valence-electron chi connectivity index (χ0n) is 17.4. The fraction of sp³-hybridized carbons (Fsp3) is 0.217. The highest BCUT2D eigenvalue weighted by Crippen LogP contribution is 2.28. The number of para-hydroxylation sites is 1. The van der Waals surface area contributed by atoms with E-state index in [0.717, 1.165) is 32.7 Å². The number of benzene rings is 2. The molecular weight excluding hydrogens is 428 g/mol. The van der Waals surface area contributed by atoms with Crippen molar-refractivity contribution in [3.05, 3.63) is 77.2 Å². The average molecular weight is 453 g/mol. The third kappa shape index (κ3) is 5.28. The molecule has 0 aliphatic heterocycles. The van der Waals surface area contributed by atoms with Crippen LogP contribution in [0.5, 0.6) is 0 Å². The topological polar surface area (TPSA) is 84.0 Å². The van der Waals surface area contributed by atoms with Crippen LogP contribution in [0.3, 0.4) is 0 Å². The van der Waals surface area contributed by atoms with E-state index in [-0.39, 0.29) is 11.8 Å². The first-order valence-corrected chi connectivity index (χ1v) is 12.6. The standard InChI is InChI=1S/C23H24N4O2S2/c1-16(2)27-31(28,29)15-18-9-4-3-8-17(18)14-24-22-19-10-5-6-11-20(19)25-23(26-22)21-12-7-13-30-21/h3-13,16,27H,14-15H2,1-2H3,(H,24,25,26). The van der Waals surface area contributed by atoms with E-state index in [1.807, 2.05) is 79.9 Å². The number of anilines is 1. The first-order chi connectivity index (χ1) is 14.9. The van der Waals surface area contributed by atoms with E-state index in [0.29, 0.717) is 12.4 Å². The molecule has 0 spiro atoms. The highest BCUT2D eigenvalue weighted by Gasteiger charge is 2.16. The molecule has 160 valence electrons. The predicted molar refractivity (Wildman–Crippen MR) is 128 cm³/mol. The van der Waals surface area contributed by atoms with Crippen molar-refractivity contribution in [2.75, 3.05) is 5.32 Å². The lowest BCUT2D eigenvalue weighted by Gasteiger charge is -2.14. The molecule has 0 saturated heterocycles. The number of hydrogen-bond acceptors (Lipinski definition) is 6. The Morgan fingerprint density at radius 1 is 0.935 bits per heavy atom. The SMILES string of the molecule is CC(C)NS(=O)(=O)Cc1ccccc1CNc1nc(-c2cccs2)nc2ccccc12. The van der Waals surface area contributed by atoms with E-state index < -0.39 is 10.0 Å². The molecule has 2 heterocycles. The molecule has 2 aromatic carbocycles. The van der Waals surface area contributed by atoms with Gasteiger partial charge >= 0.3 is 0 Å². The van der Waals surface area contributed by atoms with E-state index in [4.69, 9.17) is 9.97 Å². The number of thiophene rings is 1. The molecule has 0 amide bonds. The van der Waals surface area contributed by atoms with Gasteiger partial charge in [-0.3, -0.25) is 0 Å². The Balaban J connectivity index is 1.63. The summed E-state index contributed by atoms with van der Waals surface area (Å²) in [4.78, 5) is 10.5. The molecule has 0 radical (unpaired) electrons. The van der Waals surface area contributed by atoms with Crippen LogP contribution >= 0.6 is 11.3 Å². The maximum Gasteiger partial charge on any atom is 0.216 e. The van der Waals surface area contributed by atoms with Gasteiger partial charge < -0.3 is 5.32 Å². The number of aromatic nitrogens is 2. The molecule has 2 aromatic heterocycles. The Hall–Kier alpha value is -2.81. The lowest BCUT2D eigenvalue weighted by Crippen LogP contribution is -2.31. The van der Waals surface area contributed by atoms with Crippen LogP contribution in [-0.2, 0) is 22.3 Å². The monoisotopic (exact) mass is 452 g/mol. The third-order valence-electron chi connectivity index (χ3n) is 4.67. The van der Waals surface area contributed by atoms with Crippen molar-refractivity contribution in [2.24, 2.45) is 0 Å². The fourth-order valence-electron chi connectivity index (χ4n) is 3.38. The summed E-state index contributed by atoms with van der Waals surface area (Å²) >= 11 is 1.59. The summed E-state index contributed by atoms with van der Waals surface area (Å²) in [5, 5.41) is 6.34. The van der Waals surface area contributed by atoms with Crippen LogP contribution in [0.25, 0.3) is 21.6 Å². The van der Waals surface area contributed by atoms with Crippen molar-refractivity contribution < 1.29 is 8.42 Å². The summed E-state index contributed by atoms with van der Waals surface area (Å²) in [7, 11) is -3.41. The molecule has 4 rings (SSSR count). The Kier molecular flexibility index (Phi) is 6.31. The number of nitrogens with one attached hydrogen (secondary N) is 2. The molecule has 0 fully saturated rings. The Bertz CT molecular complexity index is 1290. The molecule has 0 aliphatic rings. The van der Waals surface area contributed by atoms with Gasteiger partial charge in [0.2, 0.25) is 10.0 Å². The second-order valence-corrected chi connectivity index (χ2v) is 10.2. The Morgan fingerprint density at radius 3 is 2.42 bits per heavy atom. The molecule has 0 aliphatic carbocycles. The molecule has 8 heteroatoms. The molecular formula is C23H24N4O2S2. The summed E-state index contributed by atoms with van der Waals surface area (Å²) in [6.07, 6.45) is 0. The Labute approximate surface area is 186 Å². The van der Waals surface area contributed by atoms with E-state index in [2.05, 4.69) is 10.0 Å². The highest BCUT2D eigenvalue weighted by atomic mass is 32.2. The van der Waals surface area contributed by atoms with Crippen LogP contribution < -0.4 is 10.0 Å². The minimum absolute atomic E-state index is 0.0615. The van der Waals surface area contributed by atoms with Gasteiger partial charge in [-0.25, -0.2) is 23.1 Å². The number of rotatable bonds is 8. The quantitative estimate of drug-likeness (QED) is 0.401. The van der Waals surface area contributed by atoms with Gasteiger partial charge in [0.15, 0.2) is 5.82 Å². The van der Waals surface area contributed by atoms with Gasteiger partial charge in [0.1, 0.15) is 5.82 Å². The van der Waals surface area contributed by atoms with Gasteiger partial charge in [0.05, 0.1) is 16.1 Å². The van der Waals surface area contributed by atoms with Crippen LogP contribution in [0.4, 0.5) is 5.82 Å². The lowest BCUT2D eigenvalue weighted by molar-refractivity contribution is 0.569. The third-order valence-corrected chi connectivity index (χ3v) is 7.06. The van der Waals surface area contributed by atoms with E-state index >= 15 is 0 Å². The van der Waals surface area contributed by atoms with Gasteiger partial charge in [-0.05, 0) is 48.6 Å². The van der Waals surface area contributed by atoms with Crippen molar-refractivity contribution in [3.8, 4) is 10.7 Å². The normalized spacial score (nSPS) is 11.8. The van der Waals surface area contributed by atoms with Crippen molar-refractivity contribution in [1.82, 2.24) is 14.7 Å². The van der Waals surface area contributed by atoms with Crippen molar-refractivity contribution in [2.45, 2.75) is 32.2 Å². The van der Waals surface area contributed by atoms with E-state index in [1.165, 1.54) is 0 Å². The largest absolute Gasteiger partial charge is 0.365 e. The van der Waals surface area contributed by atoms with Gasteiger partial charge in [-0.1, -0.05) is 42.5 Å². The number of sulfonamides is 1. The summed E-state index contributed by atoms with van der Waals surface area (Å²) in [6.45, 7) is 4.09. The first kappa shape index (κ1) is 21.4. The van der Waals surface area contributed by atoms with Crippen molar-refractivity contribution >= 4 is 38.1 Å². The second kappa shape index (κ2) is 9.13. The molecule has 2 N–H and O–H groups in total. The number of hydrogen-bond donors (Lipinski definition) is 2. The lowest BCUT2D eigenvalue weighted by atomic mass is 10.1. The molecule has 31 heavy (non-hydrogen) atoms. The van der Waals surface area contributed by atoms with Crippen LogP contribution in [0, 0.1) is 0 Å². The fourth-order valence-corrected chi connectivity index (χ4v) is 5.53. The highest BCUT2D eigenvalue weighted by molar-refractivity contribution is 7.88. The van der Waals surface area contributed by atoms with Crippen LogP contribution in [0.15, 0.2) is 66.0 Å². The molecule has 0 saturated carbocycles. The zero-order valence-corrected chi connectivity index (χ0v) is 19.0. The number of nitrogens with zero attached hydrogens (tertiary/aromatic N) is 2. The maximum atomic E-state index is 12.4. The first-order valence-electron chi connectivity index (χ1n) is 10.0. The molecule has 6 nitrogen and oxygen atoms in total. The summed E-state index contributed by atoms with van der Waals surface area (Å²) < 4.78 is 27.5. The van der Waals surface area contributed by atoms with Crippen molar-refractivity contribution in [3.63, 3.8) is 0 Å². The summed E-state index contributed by atoms with van der Waals surface area (Å²) in [6, 6.07) is 19.3. The van der Waals surface area contributed by atoms with Crippen LogP contribution in [0.2, 0.25) is 0 Å². The van der Waals surface area contributed by atoms with Crippen LogP contribution in [-0.4, -0.2) is 24.4 Å². The van der Waals surface area contributed by atoms with E-state index in [1.54, 1.807) is 11.3 Å². The minimum atomic E-state index is -3.41. The Morgan fingerprint density at radius 2 is 1.68 bits per heavy atom. The summed E-state index contributed by atoms with van der Waals surface area (Å²) in [5.74, 6) is 1.34. The van der Waals surface area contributed by atoms with Gasteiger partial charge in [-0.15, -0.1) is 11.3 Å². The zero-order chi connectivity index (χ0) is 21.8. The maximum absolute atomic E-state index is 12.4. The number of fused-ring (bicyclic) bond motifs is 1. The van der Waals surface area contributed by atoms with Gasteiger partial charge in [0, 0.05) is 18.0 Å². The van der Waals surface area contributed by atoms with E-state index in [9.17, 15) is 8.42 Å². The van der Waals surface area contributed by atoms with Crippen molar-refractivity contribution in [1.29, 1.82) is 0 Å².